The van der Waals surface area contributed by atoms with Crippen LogP contribution >= 0.6 is 39.5 Å². The Balaban J connectivity index is 1.93. The van der Waals surface area contributed by atoms with Crippen molar-refractivity contribution < 1.29 is 9.47 Å². The molecule has 1 aromatic heterocycles. The number of nitrogens with one attached hydrogen (secondary N) is 2. The van der Waals surface area contributed by atoms with Gasteiger partial charge in [0.15, 0.2) is 16.6 Å². The van der Waals surface area contributed by atoms with E-state index in [1.54, 1.807) is 43.9 Å². The molecule has 0 aliphatic rings. The number of hydrogen-bond donors (Lipinski definition) is 2. The summed E-state index contributed by atoms with van der Waals surface area (Å²) in [6, 6.07) is 7.42. The molecule has 0 aliphatic carbocycles. The van der Waals surface area contributed by atoms with Crippen LogP contribution in [0.3, 0.4) is 0 Å². The molecular formula is C14H14BrN3O2S2. The Bertz CT molecular complexity index is 688. The summed E-state index contributed by atoms with van der Waals surface area (Å²) in [5.41, 5.74) is 3.55. The van der Waals surface area contributed by atoms with Crippen LogP contribution in [0.5, 0.6) is 11.5 Å². The molecule has 1 aromatic carbocycles. The van der Waals surface area contributed by atoms with Crippen molar-refractivity contribution in [1.82, 2.24) is 5.43 Å². The molecule has 116 valence electrons. The molecule has 8 heteroatoms. The van der Waals surface area contributed by atoms with Crippen molar-refractivity contribution in [3.63, 3.8) is 0 Å². The minimum absolute atomic E-state index is 0.388. The molecule has 1 heterocycles. The highest BCUT2D eigenvalue weighted by Gasteiger charge is 2.05. The normalized spacial score (nSPS) is 10.5. The molecule has 2 rings (SSSR count). The number of rotatable bonds is 5. The molecule has 0 aliphatic heterocycles. The van der Waals surface area contributed by atoms with Gasteiger partial charge in [0.2, 0.25) is 0 Å². The Morgan fingerprint density at radius 1 is 1.27 bits per heavy atom. The second-order valence-electron chi connectivity index (χ2n) is 4.06. The number of hydrazone groups is 1. The quantitative estimate of drug-likeness (QED) is 0.454. The van der Waals surface area contributed by atoms with Crippen molar-refractivity contribution in [2.75, 3.05) is 19.5 Å². The number of methoxy groups -OCH3 is 2. The van der Waals surface area contributed by atoms with Crippen molar-refractivity contribution in [1.29, 1.82) is 0 Å². The molecule has 2 N–H and O–H groups in total. The second kappa shape index (κ2) is 8.11. The third-order valence-corrected chi connectivity index (χ3v) is 4.41. The number of hydrogen-bond acceptors (Lipinski definition) is 5. The van der Waals surface area contributed by atoms with Crippen molar-refractivity contribution >= 4 is 56.5 Å². The van der Waals surface area contributed by atoms with E-state index >= 15 is 0 Å². The number of thiophene rings is 1. The van der Waals surface area contributed by atoms with Crippen LogP contribution in [-0.2, 0) is 0 Å². The fourth-order valence-electron chi connectivity index (χ4n) is 1.62. The molecule has 0 spiro atoms. The molecule has 22 heavy (non-hydrogen) atoms. The van der Waals surface area contributed by atoms with Gasteiger partial charge in [-0.1, -0.05) is 0 Å². The van der Waals surface area contributed by atoms with E-state index in [1.165, 1.54) is 0 Å². The van der Waals surface area contributed by atoms with Gasteiger partial charge in [-0.15, -0.1) is 11.3 Å². The molecule has 0 radical (unpaired) electrons. The van der Waals surface area contributed by atoms with Crippen LogP contribution in [0.25, 0.3) is 0 Å². The third-order valence-electron chi connectivity index (χ3n) is 2.59. The van der Waals surface area contributed by atoms with Crippen molar-refractivity contribution in [2.24, 2.45) is 5.10 Å². The van der Waals surface area contributed by atoms with E-state index in [-0.39, 0.29) is 0 Å². The van der Waals surface area contributed by atoms with Gasteiger partial charge in [0.25, 0.3) is 0 Å². The number of nitrogens with zero attached hydrogens (tertiary/aromatic N) is 1. The highest BCUT2D eigenvalue weighted by molar-refractivity contribution is 9.10. The monoisotopic (exact) mass is 399 g/mol. The van der Waals surface area contributed by atoms with Crippen LogP contribution in [0.15, 0.2) is 39.2 Å². The predicted molar refractivity (Wildman–Crippen MR) is 98.5 cm³/mol. The Hall–Kier alpha value is -1.64. The number of benzene rings is 1. The third kappa shape index (κ3) is 4.69. The zero-order valence-corrected chi connectivity index (χ0v) is 15.1. The van der Waals surface area contributed by atoms with Crippen LogP contribution < -0.4 is 20.2 Å². The van der Waals surface area contributed by atoms with Crippen LogP contribution in [0, 0.1) is 0 Å². The van der Waals surface area contributed by atoms with Gasteiger partial charge in [-0.05, 0) is 46.3 Å². The Labute approximate surface area is 146 Å². The first-order valence-corrected chi connectivity index (χ1v) is 8.26. The molecule has 0 unspecified atom stereocenters. The fraction of sp³-hybridized carbons (Fsp3) is 0.143. The Kier molecular flexibility index (Phi) is 6.17. The average molecular weight is 400 g/mol. The summed E-state index contributed by atoms with van der Waals surface area (Å²) in [6.45, 7) is 0. The van der Waals surface area contributed by atoms with E-state index < -0.39 is 0 Å². The number of ether oxygens (including phenoxy) is 2. The lowest BCUT2D eigenvalue weighted by molar-refractivity contribution is 0.355. The van der Waals surface area contributed by atoms with E-state index in [4.69, 9.17) is 21.7 Å². The maximum atomic E-state index is 5.24. The van der Waals surface area contributed by atoms with Crippen molar-refractivity contribution in [3.8, 4) is 11.5 Å². The minimum atomic E-state index is 0.388. The van der Waals surface area contributed by atoms with Gasteiger partial charge in [-0.2, -0.15) is 5.10 Å². The van der Waals surface area contributed by atoms with Gasteiger partial charge >= 0.3 is 0 Å². The van der Waals surface area contributed by atoms with Gasteiger partial charge in [-0.3, -0.25) is 5.43 Å². The summed E-state index contributed by atoms with van der Waals surface area (Å²) < 4.78 is 11.5. The van der Waals surface area contributed by atoms with Crippen LogP contribution in [0.1, 0.15) is 4.88 Å². The van der Waals surface area contributed by atoms with E-state index in [9.17, 15) is 0 Å². The number of halogens is 1. The zero-order valence-electron chi connectivity index (χ0n) is 11.9. The SMILES string of the molecule is COc1ccc(NC(=S)N/N=C\c2cc(Br)cs2)cc1OC. The molecule has 0 amide bonds. The summed E-state index contributed by atoms with van der Waals surface area (Å²) in [5.74, 6) is 1.29. The van der Waals surface area contributed by atoms with Crippen molar-refractivity contribution in [3.05, 3.63) is 39.0 Å². The zero-order chi connectivity index (χ0) is 15.9. The van der Waals surface area contributed by atoms with Gasteiger partial charge in [-0.25, -0.2) is 0 Å². The van der Waals surface area contributed by atoms with E-state index in [1.807, 2.05) is 17.5 Å². The number of anilines is 1. The van der Waals surface area contributed by atoms with Crippen LogP contribution in [0.2, 0.25) is 0 Å². The summed E-state index contributed by atoms with van der Waals surface area (Å²) in [7, 11) is 3.18. The lowest BCUT2D eigenvalue weighted by atomic mass is 10.3. The van der Waals surface area contributed by atoms with E-state index in [0.29, 0.717) is 16.6 Å². The lowest BCUT2D eigenvalue weighted by Crippen LogP contribution is -2.23. The lowest BCUT2D eigenvalue weighted by Gasteiger charge is -2.11. The topological polar surface area (TPSA) is 54.9 Å². The fourth-order valence-corrected chi connectivity index (χ4v) is 3.10. The second-order valence-corrected chi connectivity index (χ2v) is 6.33. The van der Waals surface area contributed by atoms with Gasteiger partial charge in [0.05, 0.1) is 20.4 Å². The van der Waals surface area contributed by atoms with Crippen LogP contribution in [0.4, 0.5) is 5.69 Å². The Morgan fingerprint density at radius 2 is 2.05 bits per heavy atom. The predicted octanol–water partition coefficient (Wildman–Crippen LogP) is 3.85. The standard InChI is InChI=1S/C14H14BrN3O2S2/c1-19-12-4-3-10(6-13(12)20-2)17-14(21)18-16-7-11-5-9(15)8-22-11/h3-8H,1-2H3,(H2,17,18,21)/b16-7-. The van der Waals surface area contributed by atoms with Gasteiger partial charge in [0.1, 0.15) is 0 Å². The first-order chi connectivity index (χ1) is 10.6. The van der Waals surface area contributed by atoms with E-state index in [0.717, 1.165) is 15.0 Å². The molecular weight excluding hydrogens is 386 g/mol. The summed E-state index contributed by atoms with van der Waals surface area (Å²) in [6.07, 6.45) is 1.71. The highest BCUT2D eigenvalue weighted by atomic mass is 79.9. The maximum absolute atomic E-state index is 5.24. The molecule has 0 saturated heterocycles. The van der Waals surface area contributed by atoms with Gasteiger partial charge < -0.3 is 14.8 Å². The summed E-state index contributed by atoms with van der Waals surface area (Å²) in [5, 5.41) is 9.48. The summed E-state index contributed by atoms with van der Waals surface area (Å²) >= 11 is 10.2. The molecule has 2 aromatic rings. The Morgan fingerprint density at radius 3 is 2.68 bits per heavy atom. The van der Waals surface area contributed by atoms with Crippen LogP contribution in [-0.4, -0.2) is 25.5 Å². The first-order valence-electron chi connectivity index (χ1n) is 6.18. The first kappa shape index (κ1) is 16.7. The number of thiocarbonyl (C=S) groups is 1. The molecule has 5 nitrogen and oxygen atoms in total. The molecule has 0 atom stereocenters. The maximum Gasteiger partial charge on any atom is 0.191 e. The average Bonchev–Trinajstić information content (AvgIpc) is 2.92. The summed E-state index contributed by atoms with van der Waals surface area (Å²) in [4.78, 5) is 1.02. The highest BCUT2D eigenvalue weighted by Crippen LogP contribution is 2.29. The smallest absolute Gasteiger partial charge is 0.191 e. The molecule has 0 bridgehead atoms. The van der Waals surface area contributed by atoms with Crippen molar-refractivity contribution in [2.45, 2.75) is 0 Å². The minimum Gasteiger partial charge on any atom is -0.493 e. The van der Waals surface area contributed by atoms with Gasteiger partial charge in [0, 0.05) is 26.5 Å². The molecule has 0 fully saturated rings. The largest absolute Gasteiger partial charge is 0.493 e. The molecule has 0 saturated carbocycles. The van der Waals surface area contributed by atoms with E-state index in [2.05, 4.69) is 31.8 Å².